The first-order valence-corrected chi connectivity index (χ1v) is 14.1. The fraction of sp³-hybridized carbons (Fsp3) is 0.200. The van der Waals surface area contributed by atoms with E-state index in [-0.39, 0.29) is 22.3 Å². The normalized spacial score (nSPS) is 20.8. The van der Waals surface area contributed by atoms with Crippen molar-refractivity contribution in [3.63, 3.8) is 0 Å². The van der Waals surface area contributed by atoms with Gasteiger partial charge in [0.05, 0.1) is 22.3 Å². The molecule has 1 saturated heterocycles. The van der Waals surface area contributed by atoms with Gasteiger partial charge in [0.1, 0.15) is 12.7 Å². The van der Waals surface area contributed by atoms with Gasteiger partial charge in [0.15, 0.2) is 24.6 Å². The Bertz CT molecular complexity index is 1580. The molecule has 0 amide bonds. The summed E-state index contributed by atoms with van der Waals surface area (Å²) < 4.78 is 34.9. The standard InChI is InChI=1S/C35H30O10/c1-40-35-30(45-34(39)26-20-12-5-13-21-26)29(44-33(38)25-18-10-4-11-19-25)28(43-32(37)24-16-8-3-9-17-24)27(42-35)22-41-31(36)23-14-6-2-7-15-23/h2-21,27-30,35H,22H2,1H3/t27-,28+,29+,30-,35-/m0/s1. The van der Waals surface area contributed by atoms with Crippen LogP contribution in [0.4, 0.5) is 0 Å². The largest absolute Gasteiger partial charge is 0.459 e. The molecule has 0 radical (unpaired) electrons. The second-order valence-corrected chi connectivity index (χ2v) is 9.95. The molecule has 10 nitrogen and oxygen atoms in total. The van der Waals surface area contributed by atoms with Gasteiger partial charge in [-0.2, -0.15) is 0 Å². The van der Waals surface area contributed by atoms with Crippen LogP contribution in [0.1, 0.15) is 41.4 Å². The monoisotopic (exact) mass is 610 g/mol. The van der Waals surface area contributed by atoms with Crippen LogP contribution in [-0.4, -0.2) is 68.3 Å². The Kier molecular flexibility index (Phi) is 10.3. The third kappa shape index (κ3) is 7.80. The number of esters is 4. The maximum atomic E-state index is 13.4. The second kappa shape index (κ2) is 14.9. The maximum absolute atomic E-state index is 13.4. The molecule has 0 aromatic heterocycles. The van der Waals surface area contributed by atoms with Gasteiger partial charge in [-0.25, -0.2) is 19.2 Å². The summed E-state index contributed by atoms with van der Waals surface area (Å²) in [5.74, 6) is -2.96. The van der Waals surface area contributed by atoms with Gasteiger partial charge in [-0.3, -0.25) is 0 Å². The molecule has 5 rings (SSSR count). The lowest BCUT2D eigenvalue weighted by Gasteiger charge is -2.44. The van der Waals surface area contributed by atoms with Crippen molar-refractivity contribution in [2.24, 2.45) is 0 Å². The van der Waals surface area contributed by atoms with Gasteiger partial charge in [-0.05, 0) is 48.5 Å². The molecule has 5 atom stereocenters. The first-order chi connectivity index (χ1) is 21.9. The topological polar surface area (TPSA) is 124 Å². The van der Waals surface area contributed by atoms with Crippen molar-refractivity contribution < 1.29 is 47.6 Å². The van der Waals surface area contributed by atoms with Crippen LogP contribution in [0.2, 0.25) is 0 Å². The number of carbonyl (C=O) groups excluding carboxylic acids is 4. The summed E-state index contributed by atoms with van der Waals surface area (Å²) >= 11 is 0. The van der Waals surface area contributed by atoms with Crippen LogP contribution in [0.5, 0.6) is 0 Å². The molecular formula is C35H30O10. The lowest BCUT2D eigenvalue weighted by atomic mass is 9.97. The lowest BCUT2D eigenvalue weighted by Crippen LogP contribution is -2.63. The van der Waals surface area contributed by atoms with Crippen molar-refractivity contribution in [2.45, 2.75) is 30.7 Å². The van der Waals surface area contributed by atoms with Crippen molar-refractivity contribution in [2.75, 3.05) is 13.7 Å². The zero-order valence-electron chi connectivity index (χ0n) is 24.2. The minimum atomic E-state index is -1.45. The predicted molar refractivity (Wildman–Crippen MR) is 159 cm³/mol. The fourth-order valence-corrected chi connectivity index (χ4v) is 4.72. The molecule has 0 aliphatic carbocycles. The number of ether oxygens (including phenoxy) is 6. The summed E-state index contributed by atoms with van der Waals surface area (Å²) in [6.45, 7) is -0.418. The summed E-state index contributed by atoms with van der Waals surface area (Å²) in [5.41, 5.74) is 0.914. The molecule has 10 heteroatoms. The molecule has 1 aliphatic heterocycles. The second-order valence-electron chi connectivity index (χ2n) is 9.95. The van der Waals surface area contributed by atoms with E-state index in [1.807, 2.05) is 0 Å². The molecule has 1 fully saturated rings. The van der Waals surface area contributed by atoms with E-state index in [1.165, 1.54) is 7.11 Å². The SMILES string of the molecule is CO[C@H]1O[C@@H](COC(=O)c2ccccc2)[C@@H](OC(=O)c2ccccc2)[C@@H](OC(=O)c2ccccc2)[C@@H]1OC(=O)c1ccccc1. The Morgan fingerprint density at radius 3 is 1.27 bits per heavy atom. The van der Waals surface area contributed by atoms with E-state index in [4.69, 9.17) is 28.4 Å². The molecule has 4 aromatic carbocycles. The van der Waals surface area contributed by atoms with Crippen molar-refractivity contribution in [1.82, 2.24) is 0 Å². The van der Waals surface area contributed by atoms with Gasteiger partial charge in [-0.1, -0.05) is 72.8 Å². The number of rotatable bonds is 10. The zero-order valence-corrected chi connectivity index (χ0v) is 24.2. The van der Waals surface area contributed by atoms with Gasteiger partial charge < -0.3 is 28.4 Å². The van der Waals surface area contributed by atoms with E-state index < -0.39 is 61.2 Å². The first-order valence-electron chi connectivity index (χ1n) is 14.1. The summed E-state index contributed by atoms with van der Waals surface area (Å²) in [6.07, 6.45) is -6.76. The summed E-state index contributed by atoms with van der Waals surface area (Å²) in [6, 6.07) is 32.7. The molecule has 1 heterocycles. The molecule has 0 saturated carbocycles. The van der Waals surface area contributed by atoms with Crippen LogP contribution in [-0.2, 0) is 28.4 Å². The van der Waals surface area contributed by atoms with Crippen LogP contribution in [0.15, 0.2) is 121 Å². The van der Waals surface area contributed by atoms with Crippen molar-refractivity contribution in [3.8, 4) is 0 Å². The maximum Gasteiger partial charge on any atom is 0.338 e. The highest BCUT2D eigenvalue weighted by Gasteiger charge is 2.53. The van der Waals surface area contributed by atoms with Crippen LogP contribution in [0.25, 0.3) is 0 Å². The highest BCUT2D eigenvalue weighted by Crippen LogP contribution is 2.31. The average Bonchev–Trinajstić information content (AvgIpc) is 3.10. The van der Waals surface area contributed by atoms with E-state index in [0.717, 1.165) is 0 Å². The molecule has 0 bridgehead atoms. The first kappa shape index (κ1) is 31.1. The van der Waals surface area contributed by atoms with Crippen LogP contribution < -0.4 is 0 Å². The van der Waals surface area contributed by atoms with E-state index in [9.17, 15) is 19.2 Å². The lowest BCUT2D eigenvalue weighted by molar-refractivity contribution is -0.291. The number of methoxy groups -OCH3 is 1. The quantitative estimate of drug-likeness (QED) is 0.181. The molecule has 0 N–H and O–H groups in total. The van der Waals surface area contributed by atoms with E-state index in [2.05, 4.69) is 0 Å². The molecular weight excluding hydrogens is 580 g/mol. The van der Waals surface area contributed by atoms with Crippen LogP contribution >= 0.6 is 0 Å². The van der Waals surface area contributed by atoms with E-state index in [0.29, 0.717) is 0 Å². The molecule has 4 aromatic rings. The molecule has 0 spiro atoms. The van der Waals surface area contributed by atoms with E-state index >= 15 is 0 Å². The Labute approximate surface area is 259 Å². The molecule has 0 unspecified atom stereocenters. The molecule has 230 valence electrons. The third-order valence-corrected chi connectivity index (χ3v) is 6.97. The van der Waals surface area contributed by atoms with Crippen LogP contribution in [0, 0.1) is 0 Å². The third-order valence-electron chi connectivity index (χ3n) is 6.97. The van der Waals surface area contributed by atoms with Gasteiger partial charge in [-0.15, -0.1) is 0 Å². The predicted octanol–water partition coefficient (Wildman–Crippen LogP) is 4.89. The fourth-order valence-electron chi connectivity index (χ4n) is 4.72. The van der Waals surface area contributed by atoms with Crippen LogP contribution in [0.3, 0.4) is 0 Å². The number of hydrogen-bond donors (Lipinski definition) is 0. The minimum absolute atomic E-state index is 0.200. The Morgan fingerprint density at radius 1 is 0.511 bits per heavy atom. The average molecular weight is 611 g/mol. The van der Waals surface area contributed by atoms with E-state index in [1.54, 1.807) is 121 Å². The minimum Gasteiger partial charge on any atom is -0.459 e. The summed E-state index contributed by atoms with van der Waals surface area (Å²) in [7, 11) is 1.31. The Morgan fingerprint density at radius 2 is 0.867 bits per heavy atom. The zero-order chi connectivity index (χ0) is 31.6. The molecule has 45 heavy (non-hydrogen) atoms. The van der Waals surface area contributed by atoms with Crippen molar-refractivity contribution >= 4 is 23.9 Å². The summed E-state index contributed by atoms with van der Waals surface area (Å²) in [5, 5.41) is 0. The highest BCUT2D eigenvalue weighted by molar-refractivity contribution is 5.91. The summed E-state index contributed by atoms with van der Waals surface area (Å²) in [4.78, 5) is 52.8. The smallest absolute Gasteiger partial charge is 0.338 e. The van der Waals surface area contributed by atoms with Gasteiger partial charge in [0, 0.05) is 7.11 Å². The number of hydrogen-bond acceptors (Lipinski definition) is 10. The Balaban J connectivity index is 1.50. The van der Waals surface area contributed by atoms with Gasteiger partial charge in [0.25, 0.3) is 0 Å². The van der Waals surface area contributed by atoms with Crippen molar-refractivity contribution in [1.29, 1.82) is 0 Å². The van der Waals surface area contributed by atoms with Crippen molar-refractivity contribution in [3.05, 3.63) is 144 Å². The van der Waals surface area contributed by atoms with Gasteiger partial charge in [0.2, 0.25) is 0 Å². The molecule has 1 aliphatic rings. The number of carbonyl (C=O) groups is 4. The highest BCUT2D eigenvalue weighted by atomic mass is 16.7. The van der Waals surface area contributed by atoms with Gasteiger partial charge >= 0.3 is 23.9 Å². The Hall–Kier alpha value is -5.32. The number of benzene rings is 4.